The van der Waals surface area contributed by atoms with Gasteiger partial charge in [0.25, 0.3) is 0 Å². The zero-order valence-electron chi connectivity index (χ0n) is 11.9. The van der Waals surface area contributed by atoms with Crippen molar-refractivity contribution >= 4 is 0 Å². The molecule has 0 bridgehead atoms. The van der Waals surface area contributed by atoms with Gasteiger partial charge in [-0.15, -0.1) is 0 Å². The number of rotatable bonds is 7. The molecule has 0 aliphatic heterocycles. The highest BCUT2D eigenvalue weighted by Crippen LogP contribution is 2.34. The number of unbranched alkanes of at least 4 members (excludes halogenated alkanes) is 1. The Morgan fingerprint density at radius 3 is 2.71 bits per heavy atom. The molecule has 3 nitrogen and oxygen atoms in total. The van der Waals surface area contributed by atoms with Crippen LogP contribution < -0.4 is 5.73 Å². The molecule has 3 heteroatoms. The SMILES string of the molecule is CCCCN(CC)C1(CN)CCCC(OC)C1. The molecular formula is C14H30N2O. The lowest BCUT2D eigenvalue weighted by Crippen LogP contribution is -2.57. The molecule has 0 radical (unpaired) electrons. The molecule has 2 N–H and O–H groups in total. The molecule has 2 atom stereocenters. The molecule has 0 aromatic rings. The van der Waals surface area contributed by atoms with Crippen LogP contribution in [0.5, 0.6) is 0 Å². The Bertz CT molecular complexity index is 210. The van der Waals surface area contributed by atoms with E-state index in [-0.39, 0.29) is 5.54 Å². The smallest absolute Gasteiger partial charge is 0.0589 e. The topological polar surface area (TPSA) is 38.5 Å². The number of hydrogen-bond acceptors (Lipinski definition) is 3. The van der Waals surface area contributed by atoms with Crippen molar-refractivity contribution < 1.29 is 4.74 Å². The van der Waals surface area contributed by atoms with E-state index < -0.39 is 0 Å². The summed E-state index contributed by atoms with van der Waals surface area (Å²) < 4.78 is 5.57. The molecule has 1 saturated carbocycles. The molecule has 0 saturated heterocycles. The van der Waals surface area contributed by atoms with Gasteiger partial charge in [0.1, 0.15) is 0 Å². The molecule has 17 heavy (non-hydrogen) atoms. The van der Waals surface area contributed by atoms with E-state index >= 15 is 0 Å². The van der Waals surface area contributed by atoms with Crippen LogP contribution in [0.3, 0.4) is 0 Å². The second-order valence-corrected chi connectivity index (χ2v) is 5.32. The first kappa shape index (κ1) is 14.9. The number of ether oxygens (including phenoxy) is 1. The van der Waals surface area contributed by atoms with Crippen LogP contribution in [-0.4, -0.2) is 43.3 Å². The lowest BCUT2D eigenvalue weighted by molar-refractivity contribution is -0.0206. The number of likely N-dealkylation sites (N-methyl/N-ethyl adjacent to an activating group) is 1. The lowest BCUT2D eigenvalue weighted by Gasteiger charge is -2.47. The summed E-state index contributed by atoms with van der Waals surface area (Å²) in [4.78, 5) is 2.60. The van der Waals surface area contributed by atoms with Gasteiger partial charge in [-0.05, 0) is 45.2 Å². The highest BCUT2D eigenvalue weighted by Gasteiger charge is 2.39. The average molecular weight is 242 g/mol. The Kier molecular flexibility index (Phi) is 6.45. The van der Waals surface area contributed by atoms with Crippen molar-refractivity contribution in [3.8, 4) is 0 Å². The maximum Gasteiger partial charge on any atom is 0.0589 e. The third-order valence-electron chi connectivity index (χ3n) is 4.32. The third kappa shape index (κ3) is 3.67. The Hall–Kier alpha value is -0.120. The monoisotopic (exact) mass is 242 g/mol. The van der Waals surface area contributed by atoms with Crippen LogP contribution in [0.2, 0.25) is 0 Å². The molecule has 1 aliphatic rings. The molecule has 0 spiro atoms. The zero-order valence-corrected chi connectivity index (χ0v) is 11.9. The van der Waals surface area contributed by atoms with E-state index in [1.54, 1.807) is 0 Å². The maximum atomic E-state index is 6.11. The van der Waals surface area contributed by atoms with Crippen molar-refractivity contribution in [3.63, 3.8) is 0 Å². The maximum absolute atomic E-state index is 6.11. The van der Waals surface area contributed by atoms with Gasteiger partial charge in [0, 0.05) is 19.2 Å². The van der Waals surface area contributed by atoms with Gasteiger partial charge in [0.05, 0.1) is 6.10 Å². The second kappa shape index (κ2) is 7.34. The van der Waals surface area contributed by atoms with Crippen molar-refractivity contribution in [2.75, 3.05) is 26.7 Å². The number of methoxy groups -OCH3 is 1. The van der Waals surface area contributed by atoms with Crippen LogP contribution in [-0.2, 0) is 4.74 Å². The van der Waals surface area contributed by atoms with E-state index in [9.17, 15) is 0 Å². The normalized spacial score (nSPS) is 29.8. The predicted molar refractivity (Wildman–Crippen MR) is 73.2 cm³/mol. The van der Waals surface area contributed by atoms with Crippen LogP contribution >= 0.6 is 0 Å². The molecule has 1 fully saturated rings. The largest absolute Gasteiger partial charge is 0.381 e. The summed E-state index contributed by atoms with van der Waals surface area (Å²) >= 11 is 0. The molecule has 1 rings (SSSR count). The molecular weight excluding hydrogens is 212 g/mol. The van der Waals surface area contributed by atoms with E-state index in [4.69, 9.17) is 10.5 Å². The summed E-state index contributed by atoms with van der Waals surface area (Å²) in [6, 6.07) is 0. The summed E-state index contributed by atoms with van der Waals surface area (Å²) in [5.74, 6) is 0. The zero-order chi connectivity index (χ0) is 12.7. The minimum atomic E-state index is 0.197. The lowest BCUT2D eigenvalue weighted by atomic mass is 9.78. The minimum absolute atomic E-state index is 0.197. The Morgan fingerprint density at radius 2 is 2.18 bits per heavy atom. The highest BCUT2D eigenvalue weighted by molar-refractivity contribution is 4.96. The second-order valence-electron chi connectivity index (χ2n) is 5.32. The van der Waals surface area contributed by atoms with Crippen molar-refractivity contribution in [1.82, 2.24) is 4.90 Å². The standard InChI is InChI=1S/C14H30N2O/c1-4-6-10-16(5-2)14(12-15)9-7-8-13(11-14)17-3/h13H,4-12,15H2,1-3H3. The van der Waals surface area contributed by atoms with Crippen molar-refractivity contribution in [2.45, 2.75) is 64.0 Å². The van der Waals surface area contributed by atoms with Gasteiger partial charge in [-0.25, -0.2) is 0 Å². The van der Waals surface area contributed by atoms with Crippen molar-refractivity contribution in [1.29, 1.82) is 0 Å². The van der Waals surface area contributed by atoms with Crippen LogP contribution in [0, 0.1) is 0 Å². The highest BCUT2D eigenvalue weighted by atomic mass is 16.5. The van der Waals surface area contributed by atoms with Gasteiger partial charge in [-0.1, -0.05) is 20.3 Å². The van der Waals surface area contributed by atoms with Crippen LogP contribution in [0.15, 0.2) is 0 Å². The third-order valence-corrected chi connectivity index (χ3v) is 4.32. The fraction of sp³-hybridized carbons (Fsp3) is 1.00. The number of hydrogen-bond donors (Lipinski definition) is 1. The van der Waals surface area contributed by atoms with E-state index in [1.165, 1.54) is 38.6 Å². The fourth-order valence-corrected chi connectivity index (χ4v) is 3.17. The molecule has 1 aliphatic carbocycles. The number of nitrogens with two attached hydrogens (primary N) is 1. The van der Waals surface area contributed by atoms with Gasteiger partial charge in [-0.2, -0.15) is 0 Å². The van der Waals surface area contributed by atoms with Crippen molar-refractivity contribution in [3.05, 3.63) is 0 Å². The minimum Gasteiger partial charge on any atom is -0.381 e. The van der Waals surface area contributed by atoms with Gasteiger partial charge in [0.15, 0.2) is 0 Å². The van der Waals surface area contributed by atoms with Gasteiger partial charge in [-0.3, -0.25) is 4.90 Å². The summed E-state index contributed by atoms with van der Waals surface area (Å²) in [5.41, 5.74) is 6.30. The van der Waals surface area contributed by atoms with Crippen LogP contribution in [0.25, 0.3) is 0 Å². The average Bonchev–Trinajstić information content (AvgIpc) is 2.39. The number of nitrogens with zero attached hydrogens (tertiary/aromatic N) is 1. The summed E-state index contributed by atoms with van der Waals surface area (Å²) in [5, 5.41) is 0. The molecule has 2 unspecified atom stereocenters. The quantitative estimate of drug-likeness (QED) is 0.745. The molecule has 0 aromatic heterocycles. The van der Waals surface area contributed by atoms with Gasteiger partial charge < -0.3 is 10.5 Å². The summed E-state index contributed by atoms with van der Waals surface area (Å²) in [7, 11) is 1.83. The van der Waals surface area contributed by atoms with Crippen LogP contribution in [0.1, 0.15) is 52.4 Å². The van der Waals surface area contributed by atoms with Crippen molar-refractivity contribution in [2.24, 2.45) is 5.73 Å². The Labute approximate surface area is 107 Å². The van der Waals surface area contributed by atoms with E-state index in [0.717, 1.165) is 19.5 Å². The molecule has 102 valence electrons. The first-order valence-corrected chi connectivity index (χ1v) is 7.20. The Balaban J connectivity index is 2.69. The van der Waals surface area contributed by atoms with E-state index in [1.807, 2.05) is 7.11 Å². The van der Waals surface area contributed by atoms with E-state index in [2.05, 4.69) is 18.7 Å². The predicted octanol–water partition coefficient (Wildman–Crippen LogP) is 2.39. The summed E-state index contributed by atoms with van der Waals surface area (Å²) in [6.07, 6.45) is 7.72. The molecule has 0 amide bonds. The first-order valence-electron chi connectivity index (χ1n) is 7.20. The molecule has 0 aromatic carbocycles. The molecule has 0 heterocycles. The fourth-order valence-electron chi connectivity index (χ4n) is 3.17. The first-order chi connectivity index (χ1) is 8.22. The van der Waals surface area contributed by atoms with Gasteiger partial charge in [0.2, 0.25) is 0 Å². The van der Waals surface area contributed by atoms with E-state index in [0.29, 0.717) is 6.10 Å². The van der Waals surface area contributed by atoms with Crippen LogP contribution in [0.4, 0.5) is 0 Å². The Morgan fingerprint density at radius 1 is 1.41 bits per heavy atom. The summed E-state index contributed by atoms with van der Waals surface area (Å²) in [6.45, 7) is 7.56. The van der Waals surface area contributed by atoms with Gasteiger partial charge >= 0.3 is 0 Å².